The van der Waals surface area contributed by atoms with Gasteiger partial charge in [-0.1, -0.05) is 6.58 Å². The van der Waals surface area contributed by atoms with Crippen LogP contribution >= 0.6 is 0 Å². The highest BCUT2D eigenvalue weighted by Gasteiger charge is 2.10. The highest BCUT2D eigenvalue weighted by Crippen LogP contribution is 2.16. The summed E-state index contributed by atoms with van der Waals surface area (Å²) in [7, 11) is 0. The van der Waals surface area contributed by atoms with Crippen molar-refractivity contribution in [2.24, 2.45) is 0 Å². The average molecular weight is 282 g/mol. The van der Waals surface area contributed by atoms with Crippen LogP contribution in [-0.2, 0) is 14.3 Å². The molecule has 1 aromatic carbocycles. The first-order chi connectivity index (χ1) is 9.41. The van der Waals surface area contributed by atoms with E-state index >= 15 is 0 Å². The lowest BCUT2D eigenvalue weighted by atomic mass is 10.2. The molecule has 0 aliphatic carbocycles. The van der Waals surface area contributed by atoms with E-state index < -0.39 is 23.5 Å². The average Bonchev–Trinajstić information content (AvgIpc) is 2.40. The molecule has 6 heteroatoms. The molecule has 0 saturated heterocycles. The molecule has 0 radical (unpaired) electrons. The van der Waals surface area contributed by atoms with Crippen molar-refractivity contribution in [3.05, 3.63) is 41.7 Å². The number of halogens is 1. The largest absolute Gasteiger partial charge is 0.505 e. The lowest BCUT2D eigenvalue weighted by molar-refractivity contribution is -0.139. The molecule has 1 rings (SSSR count). The first kappa shape index (κ1) is 15.7. The minimum absolute atomic E-state index is 0.000712. The van der Waals surface area contributed by atoms with Crippen LogP contribution in [-0.4, -0.2) is 30.3 Å². The first-order valence-corrected chi connectivity index (χ1v) is 5.90. The number of ether oxygens (including phenoxy) is 2. The summed E-state index contributed by atoms with van der Waals surface area (Å²) in [6.45, 7) is 5.08. The molecule has 0 bridgehead atoms. The molecule has 0 spiro atoms. The van der Waals surface area contributed by atoms with Crippen molar-refractivity contribution in [3.63, 3.8) is 0 Å². The van der Waals surface area contributed by atoms with Crippen LogP contribution in [0.15, 0.2) is 30.4 Å². The topological polar surface area (TPSA) is 72.8 Å². The van der Waals surface area contributed by atoms with Gasteiger partial charge in [-0.15, -0.1) is 0 Å². The summed E-state index contributed by atoms with van der Waals surface area (Å²) < 4.78 is 22.7. The summed E-state index contributed by atoms with van der Waals surface area (Å²) in [5.41, 5.74) is 0.292. The van der Waals surface area contributed by atoms with E-state index in [9.17, 15) is 14.0 Å². The third kappa shape index (κ3) is 4.72. The monoisotopic (exact) mass is 282 g/mol. The third-order valence-corrected chi connectivity index (χ3v) is 2.29. The molecule has 0 aliphatic rings. The van der Waals surface area contributed by atoms with Gasteiger partial charge in [-0.05, 0) is 25.1 Å². The van der Waals surface area contributed by atoms with E-state index in [1.165, 1.54) is 13.0 Å². The number of phenolic OH excluding ortho intramolecular Hbond substituents is 1. The molecule has 0 amide bonds. The van der Waals surface area contributed by atoms with Crippen molar-refractivity contribution in [1.29, 1.82) is 0 Å². The van der Waals surface area contributed by atoms with Gasteiger partial charge in [0.2, 0.25) is 0 Å². The van der Waals surface area contributed by atoms with Crippen LogP contribution < -0.4 is 0 Å². The predicted octanol–water partition coefficient (Wildman–Crippen LogP) is 2.20. The van der Waals surface area contributed by atoms with Gasteiger partial charge < -0.3 is 14.6 Å². The lowest BCUT2D eigenvalue weighted by Gasteiger charge is -2.06. The maximum absolute atomic E-state index is 13.0. The molecule has 0 heterocycles. The quantitative estimate of drug-likeness (QED) is 0.492. The highest BCUT2D eigenvalue weighted by molar-refractivity contribution is 5.89. The standard InChI is InChI=1S/C14H15FO5/c1-9(2)13(17)19-6-3-7-20-14(18)10-4-5-12(16)11(15)8-10/h4-5,8,16H,1,3,6-7H2,2H3. The molecule has 0 fully saturated rings. The van der Waals surface area contributed by atoms with Gasteiger partial charge in [0.05, 0.1) is 18.8 Å². The van der Waals surface area contributed by atoms with Crippen LogP contribution in [0.3, 0.4) is 0 Å². The number of rotatable bonds is 6. The molecule has 0 saturated carbocycles. The fourth-order valence-electron chi connectivity index (χ4n) is 1.23. The zero-order valence-corrected chi connectivity index (χ0v) is 11.0. The van der Waals surface area contributed by atoms with Gasteiger partial charge >= 0.3 is 11.9 Å². The molecule has 5 nitrogen and oxygen atoms in total. The number of hydrogen-bond acceptors (Lipinski definition) is 5. The summed E-state index contributed by atoms with van der Waals surface area (Å²) in [5, 5.41) is 8.99. The Morgan fingerprint density at radius 3 is 2.55 bits per heavy atom. The van der Waals surface area contributed by atoms with Gasteiger partial charge in [-0.3, -0.25) is 0 Å². The summed E-state index contributed by atoms with van der Waals surface area (Å²) >= 11 is 0. The Morgan fingerprint density at radius 1 is 1.30 bits per heavy atom. The van der Waals surface area contributed by atoms with Gasteiger partial charge in [-0.25, -0.2) is 14.0 Å². The van der Waals surface area contributed by atoms with E-state index in [0.717, 1.165) is 12.1 Å². The van der Waals surface area contributed by atoms with E-state index in [0.29, 0.717) is 12.0 Å². The van der Waals surface area contributed by atoms with E-state index in [2.05, 4.69) is 6.58 Å². The van der Waals surface area contributed by atoms with Crippen LogP contribution in [0.25, 0.3) is 0 Å². The smallest absolute Gasteiger partial charge is 0.338 e. The SMILES string of the molecule is C=C(C)C(=O)OCCCOC(=O)c1ccc(O)c(F)c1. The summed E-state index contributed by atoms with van der Waals surface area (Å²) in [6.07, 6.45) is 0.325. The minimum Gasteiger partial charge on any atom is -0.505 e. The van der Waals surface area contributed by atoms with E-state index in [1.54, 1.807) is 0 Å². The molecule has 20 heavy (non-hydrogen) atoms. The Bertz CT molecular complexity index is 524. The molecule has 1 N–H and O–H groups in total. The maximum Gasteiger partial charge on any atom is 0.338 e. The second kappa shape index (κ2) is 7.28. The van der Waals surface area contributed by atoms with Crippen LogP contribution in [0.2, 0.25) is 0 Å². The Balaban J connectivity index is 2.31. The number of phenols is 1. The molecular formula is C14H15FO5. The molecule has 1 aromatic rings. The Hall–Kier alpha value is -2.37. The van der Waals surface area contributed by atoms with Crippen molar-refractivity contribution in [1.82, 2.24) is 0 Å². The number of esters is 2. The van der Waals surface area contributed by atoms with Crippen molar-refractivity contribution in [3.8, 4) is 5.75 Å². The van der Waals surface area contributed by atoms with E-state index in [-0.39, 0.29) is 18.8 Å². The second-order valence-corrected chi connectivity index (χ2v) is 4.07. The zero-order chi connectivity index (χ0) is 15.1. The van der Waals surface area contributed by atoms with Crippen LogP contribution in [0.5, 0.6) is 5.75 Å². The van der Waals surface area contributed by atoms with Gasteiger partial charge in [0.25, 0.3) is 0 Å². The van der Waals surface area contributed by atoms with E-state index in [1.807, 2.05) is 0 Å². The Kier molecular flexibility index (Phi) is 5.71. The van der Waals surface area contributed by atoms with Gasteiger partial charge in [0.15, 0.2) is 11.6 Å². The number of carbonyl (C=O) groups excluding carboxylic acids is 2. The van der Waals surface area contributed by atoms with Gasteiger partial charge in [0.1, 0.15) is 0 Å². The lowest BCUT2D eigenvalue weighted by Crippen LogP contribution is -2.11. The fraction of sp³-hybridized carbons (Fsp3) is 0.286. The molecule has 0 unspecified atom stereocenters. The molecule has 0 atom stereocenters. The summed E-state index contributed by atoms with van der Waals surface area (Å²) in [5.74, 6) is -2.64. The normalized spacial score (nSPS) is 9.90. The van der Waals surface area contributed by atoms with Crippen molar-refractivity contribution >= 4 is 11.9 Å². The Morgan fingerprint density at radius 2 is 1.95 bits per heavy atom. The van der Waals surface area contributed by atoms with Gasteiger partial charge in [0, 0.05) is 12.0 Å². The fourth-order valence-corrected chi connectivity index (χ4v) is 1.23. The highest BCUT2D eigenvalue weighted by atomic mass is 19.1. The first-order valence-electron chi connectivity index (χ1n) is 5.90. The van der Waals surface area contributed by atoms with Crippen molar-refractivity contribution in [2.75, 3.05) is 13.2 Å². The second-order valence-electron chi connectivity index (χ2n) is 4.07. The maximum atomic E-state index is 13.0. The molecule has 108 valence electrons. The minimum atomic E-state index is -0.894. The molecular weight excluding hydrogens is 267 g/mol. The predicted molar refractivity (Wildman–Crippen MR) is 68.7 cm³/mol. The number of benzene rings is 1. The zero-order valence-electron chi connectivity index (χ0n) is 11.0. The number of hydrogen-bond donors (Lipinski definition) is 1. The molecule has 0 aromatic heterocycles. The summed E-state index contributed by atoms with van der Waals surface area (Å²) in [6, 6.07) is 3.21. The molecule has 0 aliphatic heterocycles. The van der Waals surface area contributed by atoms with Crippen LogP contribution in [0.4, 0.5) is 4.39 Å². The number of aromatic hydroxyl groups is 1. The third-order valence-electron chi connectivity index (χ3n) is 2.29. The summed E-state index contributed by atoms with van der Waals surface area (Å²) in [4.78, 5) is 22.6. The van der Waals surface area contributed by atoms with E-state index in [4.69, 9.17) is 14.6 Å². The van der Waals surface area contributed by atoms with Crippen molar-refractivity contribution in [2.45, 2.75) is 13.3 Å². The Labute approximate surface area is 115 Å². The van der Waals surface area contributed by atoms with Crippen molar-refractivity contribution < 1.29 is 28.6 Å². The van der Waals surface area contributed by atoms with Gasteiger partial charge in [-0.2, -0.15) is 0 Å². The van der Waals surface area contributed by atoms with Crippen LogP contribution in [0.1, 0.15) is 23.7 Å². The number of carbonyl (C=O) groups is 2. The van der Waals surface area contributed by atoms with Crippen LogP contribution in [0, 0.1) is 5.82 Å².